The molecule has 1 amide bonds. The molecule has 0 fully saturated rings. The molecule has 0 aliphatic heterocycles. The van der Waals surface area contributed by atoms with Crippen LogP contribution in [0.3, 0.4) is 0 Å². The molecule has 25 heteroatoms. The van der Waals surface area contributed by atoms with Crippen molar-refractivity contribution in [2.75, 3.05) is 98.4 Å². The minimum atomic E-state index is -2.58. The molecule has 2 rings (SSSR count). The number of azide groups is 2. The molecule has 10 N–H and O–H groups in total. The van der Waals surface area contributed by atoms with Crippen molar-refractivity contribution in [3.8, 4) is 0 Å². The Labute approximate surface area is 337 Å². The second-order valence-corrected chi connectivity index (χ2v) is 14.8. The minimum absolute atomic E-state index is 0.173. The second kappa shape index (κ2) is 51.9. The van der Waals surface area contributed by atoms with E-state index in [4.69, 9.17) is 79.1 Å². The Morgan fingerprint density at radius 3 is 1.16 bits per heavy atom. The first-order valence-corrected chi connectivity index (χ1v) is 20.0. The number of carbonyl (C=O) groups excluding carboxylic acids is 1. The molecule has 0 spiro atoms. The van der Waals surface area contributed by atoms with E-state index >= 15 is 0 Å². The highest BCUT2D eigenvalue weighted by molar-refractivity contribution is 6.60. The summed E-state index contributed by atoms with van der Waals surface area (Å²) in [6, 6.07) is 13.5. The van der Waals surface area contributed by atoms with Crippen molar-refractivity contribution in [1.29, 1.82) is 0 Å². The van der Waals surface area contributed by atoms with E-state index in [-0.39, 0.29) is 11.5 Å². The van der Waals surface area contributed by atoms with E-state index in [9.17, 15) is 9.59 Å². The number of carbonyl (C=O) groups is 2. The summed E-state index contributed by atoms with van der Waals surface area (Å²) < 4.78 is 31.5. The van der Waals surface area contributed by atoms with Gasteiger partial charge in [-0.15, -0.1) is 0 Å². The fourth-order valence-electron chi connectivity index (χ4n) is 3.49. The number of aliphatic hydroxyl groups excluding tert-OH is 6. The van der Waals surface area contributed by atoms with Crippen LogP contribution in [-0.2, 0) is 26.6 Å². The maximum absolute atomic E-state index is 12.0. The molecule has 0 aliphatic rings. The zero-order valence-corrected chi connectivity index (χ0v) is 37.0. The Hall–Kier alpha value is -4.09. The molecule has 0 saturated carbocycles. The number of nitrogens with one attached hydrogen (secondary N) is 1. The third-order valence-corrected chi connectivity index (χ3v) is 11.7. The monoisotopic (exact) mass is 858 g/mol. The summed E-state index contributed by atoms with van der Waals surface area (Å²) in [6.07, 6.45) is 1.56. The quantitative estimate of drug-likeness (QED) is 0.0363. The molecule has 57 heavy (non-hydrogen) atoms. The Balaban J connectivity index is -0.000000122. The number of hydrogen-bond acceptors (Lipinski definition) is 17. The Kier molecular flexibility index (Phi) is 61.6. The number of aromatic carboxylic acids is 1. The van der Waals surface area contributed by atoms with Crippen LogP contribution < -0.4 is 11.1 Å². The Morgan fingerprint density at radius 2 is 0.895 bits per heavy atom. The highest BCUT2D eigenvalue weighted by atomic mass is 28.4. The number of carboxylic acid groups (broad SMARTS) is 1. The van der Waals surface area contributed by atoms with Crippen molar-refractivity contribution < 1.29 is 71.9 Å². The minimum Gasteiger partial charge on any atom is -0.478 e. The summed E-state index contributed by atoms with van der Waals surface area (Å²) in [6.45, 7) is 1.13. The van der Waals surface area contributed by atoms with E-state index in [2.05, 4.69) is 25.4 Å². The zero-order chi connectivity index (χ0) is 46.1. The van der Waals surface area contributed by atoms with Crippen molar-refractivity contribution in [3.05, 3.63) is 80.5 Å². The lowest BCUT2D eigenvalue weighted by Gasteiger charge is -2.24. The topological polar surface area (TPSA) is 367 Å². The van der Waals surface area contributed by atoms with Crippen LogP contribution in [0.2, 0.25) is 12.1 Å². The average Bonchev–Trinajstić information content (AvgIpc) is 3.30. The second-order valence-electron chi connectivity index (χ2n) is 8.62. The number of hydrogen-bond donors (Lipinski definition) is 9. The number of carboxylic acids is 1. The summed E-state index contributed by atoms with van der Waals surface area (Å²) in [5.74, 6) is -1.19. The molecule has 23 nitrogen and oxygen atoms in total. The normalized spacial score (nSPS) is 8.96. The summed E-state index contributed by atoms with van der Waals surface area (Å²) >= 11 is 0. The number of nitrogens with two attached hydrogens (primary N) is 1. The van der Waals surface area contributed by atoms with Gasteiger partial charge in [0.25, 0.3) is 5.91 Å². The van der Waals surface area contributed by atoms with Gasteiger partial charge < -0.3 is 73.4 Å². The molecule has 2 aromatic rings. The number of benzene rings is 2. The van der Waals surface area contributed by atoms with Gasteiger partial charge in [-0.3, -0.25) is 4.79 Å². The van der Waals surface area contributed by atoms with Crippen LogP contribution in [0.25, 0.3) is 20.9 Å². The summed E-state index contributed by atoms with van der Waals surface area (Å²) in [7, 11) is 10.6. The highest BCUT2D eigenvalue weighted by Crippen LogP contribution is 2.16. The molecule has 2 aromatic carbocycles. The molecule has 0 saturated heterocycles. The third kappa shape index (κ3) is 34.9. The average molecular weight is 859 g/mol. The first-order valence-electron chi connectivity index (χ1n) is 16.1. The van der Waals surface area contributed by atoms with Gasteiger partial charge in [0, 0.05) is 131 Å². The first-order chi connectivity index (χ1) is 27.6. The maximum Gasteiger partial charge on any atom is 0.500 e. The van der Waals surface area contributed by atoms with Gasteiger partial charge in [0.1, 0.15) is 0 Å². The van der Waals surface area contributed by atoms with Gasteiger partial charge in [0.2, 0.25) is 0 Å². The summed E-state index contributed by atoms with van der Waals surface area (Å²) in [5, 5.41) is 60.1. The van der Waals surface area contributed by atoms with Crippen molar-refractivity contribution in [2.24, 2.45) is 16.0 Å². The molecule has 0 atom stereocenters. The van der Waals surface area contributed by atoms with E-state index in [0.29, 0.717) is 42.5 Å². The first kappa shape index (κ1) is 67.6. The molecule has 0 aliphatic carbocycles. The van der Waals surface area contributed by atoms with Gasteiger partial charge in [-0.1, -0.05) is 34.5 Å². The SMILES string of the molecule is CO.CO.CO.CO.CO.CO.CO[Si](CCCN)(OC)OC.CO[Si](CCCNC(=O)c1ccc(N=[N+]=[N-])cc1)(OC)OC.[N-]=[N+]=Nc1ccc(C(=O)O)cc1. The molecule has 0 unspecified atom stereocenters. The van der Waals surface area contributed by atoms with E-state index in [1.54, 1.807) is 66.9 Å². The van der Waals surface area contributed by atoms with E-state index in [0.717, 1.165) is 55.1 Å². The van der Waals surface area contributed by atoms with Crippen LogP contribution in [0.1, 0.15) is 33.6 Å². The largest absolute Gasteiger partial charge is 0.500 e. The predicted octanol–water partition coefficient (Wildman–Crippen LogP) is 2.82. The van der Waals surface area contributed by atoms with Gasteiger partial charge in [0.15, 0.2) is 0 Å². The van der Waals surface area contributed by atoms with Gasteiger partial charge in [-0.2, -0.15) is 0 Å². The smallest absolute Gasteiger partial charge is 0.478 e. The number of rotatable bonds is 17. The lowest BCUT2D eigenvalue weighted by atomic mass is 10.2. The number of nitrogens with zero attached hydrogens (tertiary/aromatic N) is 6. The lowest BCUT2D eigenvalue weighted by Crippen LogP contribution is -2.43. The lowest BCUT2D eigenvalue weighted by molar-refractivity contribution is 0.0696. The maximum atomic E-state index is 12.0. The molecule has 0 bridgehead atoms. The Bertz CT molecular complexity index is 1220. The van der Waals surface area contributed by atoms with E-state index < -0.39 is 23.6 Å². The van der Waals surface area contributed by atoms with Crippen LogP contribution >= 0.6 is 0 Å². The van der Waals surface area contributed by atoms with Gasteiger partial charge in [-0.05, 0) is 54.7 Å². The van der Waals surface area contributed by atoms with Crippen molar-refractivity contribution in [1.82, 2.24) is 5.32 Å². The van der Waals surface area contributed by atoms with Gasteiger partial charge in [-0.25, -0.2) is 4.79 Å². The molecular formula is C32H66N8O15Si2. The number of aliphatic hydroxyl groups is 6. The standard InChI is InChI=1S/C13H20N4O4Si.C7H5N3O2.C6H17NO3Si.6CH4O/c1-19-22(20-2,21-3)10-4-9-15-13(18)11-5-7-12(8-6-11)16-17-14;8-10-9-6-3-1-5(2-4-6)7(11)12;1-8-11(9-2,10-3)6-4-5-7;6*1-2/h5-8H,4,9-10H2,1-3H3,(H,15,18);1-4H,(H,11,12);4-7H2,1-3H3;6*2H,1H3. The zero-order valence-electron chi connectivity index (χ0n) is 35.0. The van der Waals surface area contributed by atoms with Crippen LogP contribution in [0.15, 0.2) is 58.8 Å². The van der Waals surface area contributed by atoms with Gasteiger partial charge in [0.05, 0.1) is 5.56 Å². The van der Waals surface area contributed by atoms with E-state index in [1.807, 2.05) is 0 Å². The van der Waals surface area contributed by atoms with Crippen molar-refractivity contribution in [3.63, 3.8) is 0 Å². The summed E-state index contributed by atoms with van der Waals surface area (Å²) in [5.41, 5.74) is 23.3. The van der Waals surface area contributed by atoms with Crippen molar-refractivity contribution in [2.45, 2.75) is 24.9 Å². The predicted molar refractivity (Wildman–Crippen MR) is 220 cm³/mol. The molecular weight excluding hydrogens is 793 g/mol. The van der Waals surface area contributed by atoms with Crippen LogP contribution in [0.4, 0.5) is 11.4 Å². The van der Waals surface area contributed by atoms with Crippen LogP contribution in [-0.4, -0.2) is 164 Å². The molecule has 332 valence electrons. The fourth-order valence-corrected chi connectivity index (χ4v) is 6.96. The fraction of sp³-hybridized carbons (Fsp3) is 0.562. The molecule has 0 aromatic heterocycles. The highest BCUT2D eigenvalue weighted by Gasteiger charge is 2.37. The van der Waals surface area contributed by atoms with Crippen LogP contribution in [0, 0.1) is 0 Å². The van der Waals surface area contributed by atoms with Gasteiger partial charge >= 0.3 is 23.6 Å². The van der Waals surface area contributed by atoms with E-state index in [1.165, 1.54) is 24.3 Å². The molecule has 0 radical (unpaired) electrons. The molecule has 0 heterocycles. The Morgan fingerprint density at radius 1 is 0.596 bits per heavy atom. The number of amides is 1. The van der Waals surface area contributed by atoms with Crippen LogP contribution in [0.5, 0.6) is 0 Å². The third-order valence-electron chi connectivity index (χ3n) is 6.06. The van der Waals surface area contributed by atoms with Crippen molar-refractivity contribution >= 4 is 40.9 Å². The summed E-state index contributed by atoms with van der Waals surface area (Å²) in [4.78, 5) is 27.6.